The van der Waals surface area contributed by atoms with Crippen LogP contribution in [-0.2, 0) is 6.54 Å². The van der Waals surface area contributed by atoms with Gasteiger partial charge in [-0.25, -0.2) is 0 Å². The largest absolute Gasteiger partial charge is 0.490 e. The molecule has 1 aromatic rings. The van der Waals surface area contributed by atoms with Crippen molar-refractivity contribution in [2.75, 3.05) is 13.2 Å². The predicted octanol–water partition coefficient (Wildman–Crippen LogP) is 3.25. The fourth-order valence-electron chi connectivity index (χ4n) is 1.56. The van der Waals surface area contributed by atoms with Crippen LogP contribution >= 0.6 is 11.6 Å². The Bertz CT molecular complexity index is 452. The van der Waals surface area contributed by atoms with Gasteiger partial charge in [-0.3, -0.25) is 0 Å². The number of terminal acetylenes is 1. The SMILES string of the molecule is C#CCOc1c(Cl)cc(CNC(C)C)cc1OCC. The summed E-state index contributed by atoms with van der Waals surface area (Å²) in [6, 6.07) is 4.20. The molecular weight excluding hydrogens is 262 g/mol. The molecule has 1 rings (SSSR count). The molecule has 1 N–H and O–H groups in total. The van der Waals surface area contributed by atoms with E-state index in [4.69, 9.17) is 27.5 Å². The second-order valence-corrected chi connectivity index (χ2v) is 4.77. The zero-order chi connectivity index (χ0) is 14.3. The monoisotopic (exact) mass is 281 g/mol. The first kappa shape index (κ1) is 15.7. The third-order valence-corrected chi connectivity index (χ3v) is 2.66. The van der Waals surface area contributed by atoms with Crippen molar-refractivity contribution in [1.29, 1.82) is 0 Å². The average molecular weight is 282 g/mol. The third kappa shape index (κ3) is 5.02. The summed E-state index contributed by atoms with van der Waals surface area (Å²) in [7, 11) is 0. The molecule has 0 aliphatic heterocycles. The maximum Gasteiger partial charge on any atom is 0.181 e. The zero-order valence-electron chi connectivity index (χ0n) is 11.6. The van der Waals surface area contributed by atoms with Crippen LogP contribution < -0.4 is 14.8 Å². The van der Waals surface area contributed by atoms with Crippen LogP contribution in [0.1, 0.15) is 26.3 Å². The Kier molecular flexibility index (Phi) is 6.55. The molecule has 0 unspecified atom stereocenters. The van der Waals surface area contributed by atoms with Crippen molar-refractivity contribution in [3.8, 4) is 23.8 Å². The van der Waals surface area contributed by atoms with Gasteiger partial charge in [0.2, 0.25) is 0 Å². The van der Waals surface area contributed by atoms with Gasteiger partial charge in [-0.15, -0.1) is 6.42 Å². The molecule has 0 aliphatic carbocycles. The van der Waals surface area contributed by atoms with Gasteiger partial charge < -0.3 is 14.8 Å². The number of halogens is 1. The molecular formula is C15H20ClNO2. The summed E-state index contributed by atoms with van der Waals surface area (Å²) in [4.78, 5) is 0. The molecule has 19 heavy (non-hydrogen) atoms. The van der Waals surface area contributed by atoms with Gasteiger partial charge in [0, 0.05) is 12.6 Å². The Balaban J connectivity index is 2.96. The molecule has 0 fully saturated rings. The van der Waals surface area contributed by atoms with E-state index in [0.717, 1.165) is 12.1 Å². The van der Waals surface area contributed by atoms with E-state index in [1.807, 2.05) is 19.1 Å². The topological polar surface area (TPSA) is 30.5 Å². The summed E-state index contributed by atoms with van der Waals surface area (Å²) in [6.07, 6.45) is 5.19. The molecule has 0 aromatic heterocycles. The van der Waals surface area contributed by atoms with Gasteiger partial charge in [-0.2, -0.15) is 0 Å². The maximum atomic E-state index is 6.22. The summed E-state index contributed by atoms with van der Waals surface area (Å²) >= 11 is 6.22. The smallest absolute Gasteiger partial charge is 0.181 e. The molecule has 104 valence electrons. The normalized spacial score (nSPS) is 10.3. The quantitative estimate of drug-likeness (QED) is 0.778. The van der Waals surface area contributed by atoms with Crippen molar-refractivity contribution in [2.24, 2.45) is 0 Å². The zero-order valence-corrected chi connectivity index (χ0v) is 12.4. The Morgan fingerprint density at radius 2 is 2.11 bits per heavy atom. The van der Waals surface area contributed by atoms with Gasteiger partial charge in [0.05, 0.1) is 11.6 Å². The van der Waals surface area contributed by atoms with E-state index >= 15 is 0 Å². The Morgan fingerprint density at radius 3 is 2.68 bits per heavy atom. The van der Waals surface area contributed by atoms with E-state index in [-0.39, 0.29) is 6.61 Å². The number of hydrogen-bond acceptors (Lipinski definition) is 3. The highest BCUT2D eigenvalue weighted by Gasteiger charge is 2.12. The molecule has 0 atom stereocenters. The maximum absolute atomic E-state index is 6.22. The first-order valence-corrected chi connectivity index (χ1v) is 6.71. The van der Waals surface area contributed by atoms with Gasteiger partial charge >= 0.3 is 0 Å². The first-order chi connectivity index (χ1) is 9.08. The highest BCUT2D eigenvalue weighted by molar-refractivity contribution is 6.32. The van der Waals surface area contributed by atoms with Crippen LogP contribution in [0.5, 0.6) is 11.5 Å². The van der Waals surface area contributed by atoms with E-state index in [0.29, 0.717) is 29.2 Å². The fraction of sp³-hybridized carbons (Fsp3) is 0.467. The molecule has 0 saturated heterocycles. The molecule has 0 heterocycles. The van der Waals surface area contributed by atoms with Crippen molar-refractivity contribution in [3.05, 3.63) is 22.7 Å². The van der Waals surface area contributed by atoms with Gasteiger partial charge in [-0.1, -0.05) is 31.4 Å². The van der Waals surface area contributed by atoms with E-state index in [1.54, 1.807) is 0 Å². The van der Waals surface area contributed by atoms with Gasteiger partial charge in [0.1, 0.15) is 6.61 Å². The second kappa shape index (κ2) is 7.93. The lowest BCUT2D eigenvalue weighted by molar-refractivity contribution is 0.299. The lowest BCUT2D eigenvalue weighted by Gasteiger charge is -2.15. The molecule has 0 aliphatic rings. The van der Waals surface area contributed by atoms with E-state index < -0.39 is 0 Å². The number of benzene rings is 1. The molecule has 0 amide bonds. The van der Waals surface area contributed by atoms with Crippen LogP contribution in [-0.4, -0.2) is 19.3 Å². The minimum Gasteiger partial charge on any atom is -0.490 e. The molecule has 4 heteroatoms. The standard InChI is InChI=1S/C15H20ClNO2/c1-5-7-19-15-13(16)8-12(10-17-11(3)4)9-14(15)18-6-2/h1,8-9,11,17H,6-7,10H2,2-4H3. The molecule has 0 saturated carbocycles. The van der Waals surface area contributed by atoms with Crippen molar-refractivity contribution in [2.45, 2.75) is 33.4 Å². The first-order valence-electron chi connectivity index (χ1n) is 6.33. The number of nitrogens with one attached hydrogen (secondary N) is 1. The van der Waals surface area contributed by atoms with Crippen LogP contribution in [0.4, 0.5) is 0 Å². The predicted molar refractivity (Wildman–Crippen MR) is 78.9 cm³/mol. The molecule has 0 radical (unpaired) electrons. The minimum atomic E-state index is 0.170. The van der Waals surface area contributed by atoms with Crippen LogP contribution in [0.3, 0.4) is 0 Å². The number of hydrogen-bond donors (Lipinski definition) is 1. The average Bonchev–Trinajstić information content (AvgIpc) is 2.36. The van der Waals surface area contributed by atoms with Crippen LogP contribution in [0.2, 0.25) is 5.02 Å². The Hall–Kier alpha value is -1.37. The fourth-order valence-corrected chi connectivity index (χ4v) is 1.85. The number of rotatable bonds is 7. The van der Waals surface area contributed by atoms with Crippen LogP contribution in [0, 0.1) is 12.3 Å². The van der Waals surface area contributed by atoms with Crippen LogP contribution in [0.15, 0.2) is 12.1 Å². The Morgan fingerprint density at radius 1 is 1.37 bits per heavy atom. The Labute approximate surface area is 120 Å². The summed E-state index contributed by atoms with van der Waals surface area (Å²) in [6.45, 7) is 7.54. The highest BCUT2D eigenvalue weighted by atomic mass is 35.5. The summed E-state index contributed by atoms with van der Waals surface area (Å²) < 4.78 is 11.0. The molecule has 1 aromatic carbocycles. The third-order valence-electron chi connectivity index (χ3n) is 2.38. The minimum absolute atomic E-state index is 0.170. The molecule has 3 nitrogen and oxygen atoms in total. The van der Waals surface area contributed by atoms with E-state index in [9.17, 15) is 0 Å². The van der Waals surface area contributed by atoms with Crippen molar-refractivity contribution in [1.82, 2.24) is 5.32 Å². The molecule has 0 spiro atoms. The van der Waals surface area contributed by atoms with E-state index in [2.05, 4.69) is 25.1 Å². The summed E-state index contributed by atoms with van der Waals surface area (Å²) in [5, 5.41) is 3.85. The lowest BCUT2D eigenvalue weighted by Crippen LogP contribution is -2.21. The second-order valence-electron chi connectivity index (χ2n) is 4.37. The lowest BCUT2D eigenvalue weighted by atomic mass is 10.2. The van der Waals surface area contributed by atoms with Crippen molar-refractivity contribution >= 4 is 11.6 Å². The highest BCUT2D eigenvalue weighted by Crippen LogP contribution is 2.36. The van der Waals surface area contributed by atoms with Gasteiger partial charge in [-0.05, 0) is 24.6 Å². The summed E-state index contributed by atoms with van der Waals surface area (Å²) in [5.74, 6) is 3.56. The van der Waals surface area contributed by atoms with Crippen molar-refractivity contribution < 1.29 is 9.47 Å². The number of ether oxygens (including phenoxy) is 2. The van der Waals surface area contributed by atoms with Crippen LogP contribution in [0.25, 0.3) is 0 Å². The molecule has 0 bridgehead atoms. The van der Waals surface area contributed by atoms with Crippen molar-refractivity contribution in [3.63, 3.8) is 0 Å². The van der Waals surface area contributed by atoms with E-state index in [1.165, 1.54) is 0 Å². The summed E-state index contributed by atoms with van der Waals surface area (Å²) in [5.41, 5.74) is 1.05. The van der Waals surface area contributed by atoms with Gasteiger partial charge in [0.25, 0.3) is 0 Å². The van der Waals surface area contributed by atoms with Gasteiger partial charge in [0.15, 0.2) is 11.5 Å².